The number of ether oxygens (including phenoxy) is 1. The third-order valence-electron chi connectivity index (χ3n) is 1.92. The van der Waals surface area contributed by atoms with Crippen molar-refractivity contribution in [2.75, 3.05) is 0 Å². The summed E-state index contributed by atoms with van der Waals surface area (Å²) in [4.78, 5) is 4.06. The van der Waals surface area contributed by atoms with Gasteiger partial charge in [-0.2, -0.15) is 5.10 Å². The molecule has 0 amide bonds. The van der Waals surface area contributed by atoms with E-state index in [9.17, 15) is 0 Å². The second kappa shape index (κ2) is 4.84. The molecule has 1 aromatic heterocycles. The van der Waals surface area contributed by atoms with Crippen molar-refractivity contribution in [2.24, 2.45) is 7.05 Å². The van der Waals surface area contributed by atoms with Crippen molar-refractivity contribution < 1.29 is 4.74 Å². The van der Waals surface area contributed by atoms with Gasteiger partial charge in [0.15, 0.2) is 5.82 Å². The Morgan fingerprint density at radius 1 is 1.50 bits per heavy atom. The van der Waals surface area contributed by atoms with Crippen LogP contribution in [0.5, 0.6) is 5.75 Å². The molecule has 0 aliphatic carbocycles. The average Bonchev–Trinajstić information content (AvgIpc) is 2.67. The molecule has 84 valence electrons. The highest BCUT2D eigenvalue weighted by Crippen LogP contribution is 2.32. The Morgan fingerprint density at radius 2 is 2.31 bits per heavy atom. The fraction of sp³-hybridized carbons (Fsp3) is 0.200. The van der Waals surface area contributed by atoms with Crippen LogP contribution < -0.4 is 4.74 Å². The third kappa shape index (κ3) is 2.54. The number of halogens is 2. The molecule has 16 heavy (non-hydrogen) atoms. The number of hydrogen-bond donors (Lipinski definition) is 0. The largest absolute Gasteiger partial charge is 0.484 e. The van der Waals surface area contributed by atoms with Gasteiger partial charge in [-0.25, -0.2) is 4.98 Å². The zero-order chi connectivity index (χ0) is 11.5. The average molecular weight is 303 g/mol. The number of hydrogen-bond acceptors (Lipinski definition) is 3. The predicted octanol–water partition coefficient (Wildman–Crippen LogP) is 2.81. The summed E-state index contributed by atoms with van der Waals surface area (Å²) in [6, 6.07) is 5.45. The summed E-state index contributed by atoms with van der Waals surface area (Å²) in [5.41, 5.74) is 0. The summed E-state index contributed by atoms with van der Waals surface area (Å²) in [5, 5.41) is 4.73. The van der Waals surface area contributed by atoms with Crippen molar-refractivity contribution in [3.63, 3.8) is 0 Å². The van der Waals surface area contributed by atoms with Gasteiger partial charge in [0.2, 0.25) is 0 Å². The van der Waals surface area contributed by atoms with Gasteiger partial charge in [-0.15, -0.1) is 0 Å². The summed E-state index contributed by atoms with van der Waals surface area (Å²) in [5.74, 6) is 1.31. The van der Waals surface area contributed by atoms with Crippen LogP contribution in [-0.2, 0) is 13.7 Å². The van der Waals surface area contributed by atoms with Crippen molar-refractivity contribution >= 4 is 27.5 Å². The van der Waals surface area contributed by atoms with Crippen LogP contribution in [0.4, 0.5) is 0 Å². The Morgan fingerprint density at radius 3 is 3.00 bits per heavy atom. The van der Waals surface area contributed by atoms with Crippen LogP contribution in [0.3, 0.4) is 0 Å². The zero-order valence-corrected chi connectivity index (χ0v) is 10.9. The van der Waals surface area contributed by atoms with Gasteiger partial charge in [0, 0.05) is 7.05 Å². The van der Waals surface area contributed by atoms with E-state index in [2.05, 4.69) is 26.0 Å². The third-order valence-corrected chi connectivity index (χ3v) is 3.28. The Hall–Kier alpha value is -1.07. The summed E-state index contributed by atoms with van der Waals surface area (Å²) in [7, 11) is 1.81. The maximum absolute atomic E-state index is 5.94. The van der Waals surface area contributed by atoms with Crippen LogP contribution in [0.2, 0.25) is 5.02 Å². The molecule has 4 nitrogen and oxygen atoms in total. The topological polar surface area (TPSA) is 39.9 Å². The summed E-state index contributed by atoms with van der Waals surface area (Å²) in [6.45, 7) is 0.319. The van der Waals surface area contributed by atoms with Gasteiger partial charge >= 0.3 is 0 Å². The molecular weight excluding hydrogens is 293 g/mol. The second-order valence-corrected chi connectivity index (χ2v) is 4.38. The van der Waals surface area contributed by atoms with Crippen LogP contribution in [0.15, 0.2) is 29.0 Å². The lowest BCUT2D eigenvalue weighted by Gasteiger charge is -2.06. The summed E-state index contributed by atoms with van der Waals surface area (Å²) in [6.07, 6.45) is 1.63. The van der Waals surface area contributed by atoms with Gasteiger partial charge in [-0.3, -0.25) is 4.68 Å². The molecule has 0 aliphatic rings. The molecule has 1 heterocycles. The maximum atomic E-state index is 5.94. The maximum Gasteiger partial charge on any atom is 0.188 e. The highest BCUT2D eigenvalue weighted by molar-refractivity contribution is 9.10. The standard InChI is InChI=1S/C10H9BrClN3O/c1-15-6-13-9(14-15)5-16-8-4-2-3-7(12)10(8)11/h2-4,6H,5H2,1H3. The van der Waals surface area contributed by atoms with Crippen LogP contribution in [0.25, 0.3) is 0 Å². The van der Waals surface area contributed by atoms with Crippen molar-refractivity contribution in [3.8, 4) is 5.75 Å². The van der Waals surface area contributed by atoms with Crippen LogP contribution in [0.1, 0.15) is 5.82 Å². The molecule has 2 rings (SSSR count). The van der Waals surface area contributed by atoms with E-state index in [-0.39, 0.29) is 0 Å². The minimum atomic E-state index is 0.319. The molecule has 0 unspecified atom stereocenters. The predicted molar refractivity (Wildman–Crippen MR) is 64.5 cm³/mol. The minimum Gasteiger partial charge on any atom is -0.484 e. The first-order valence-corrected chi connectivity index (χ1v) is 5.75. The second-order valence-electron chi connectivity index (χ2n) is 3.18. The molecule has 0 saturated heterocycles. The van der Waals surface area contributed by atoms with Crippen molar-refractivity contribution in [1.82, 2.24) is 14.8 Å². The van der Waals surface area contributed by atoms with Gasteiger partial charge in [0.05, 0.1) is 9.50 Å². The molecule has 0 atom stereocenters. The number of aromatic nitrogens is 3. The Bertz CT molecular complexity index is 501. The molecule has 2 aromatic rings. The van der Waals surface area contributed by atoms with E-state index in [0.717, 1.165) is 4.47 Å². The molecule has 0 fully saturated rings. The molecule has 0 bridgehead atoms. The van der Waals surface area contributed by atoms with Gasteiger partial charge in [-0.1, -0.05) is 17.7 Å². The fourth-order valence-electron chi connectivity index (χ4n) is 1.19. The Balaban J connectivity index is 2.07. The van der Waals surface area contributed by atoms with Crippen molar-refractivity contribution in [2.45, 2.75) is 6.61 Å². The molecule has 0 aliphatic heterocycles. The zero-order valence-electron chi connectivity index (χ0n) is 8.52. The first-order valence-electron chi connectivity index (χ1n) is 4.58. The molecule has 6 heteroatoms. The smallest absolute Gasteiger partial charge is 0.188 e. The van der Waals surface area contributed by atoms with E-state index in [4.69, 9.17) is 16.3 Å². The van der Waals surface area contributed by atoms with Gasteiger partial charge in [0.25, 0.3) is 0 Å². The van der Waals surface area contributed by atoms with Crippen LogP contribution in [-0.4, -0.2) is 14.8 Å². The van der Waals surface area contributed by atoms with Crippen LogP contribution in [0, 0.1) is 0 Å². The van der Waals surface area contributed by atoms with E-state index in [1.807, 2.05) is 19.2 Å². The van der Waals surface area contributed by atoms with Crippen molar-refractivity contribution in [1.29, 1.82) is 0 Å². The number of benzene rings is 1. The number of nitrogens with zero attached hydrogens (tertiary/aromatic N) is 3. The van der Waals surface area contributed by atoms with Gasteiger partial charge in [-0.05, 0) is 28.1 Å². The lowest BCUT2D eigenvalue weighted by atomic mass is 10.3. The fourth-order valence-corrected chi connectivity index (χ4v) is 1.73. The van der Waals surface area contributed by atoms with E-state index < -0.39 is 0 Å². The lowest BCUT2D eigenvalue weighted by molar-refractivity contribution is 0.293. The van der Waals surface area contributed by atoms with E-state index in [1.54, 1.807) is 17.1 Å². The molecule has 0 radical (unpaired) electrons. The Kier molecular flexibility index (Phi) is 3.46. The molecule has 0 saturated carbocycles. The van der Waals surface area contributed by atoms with E-state index in [1.165, 1.54) is 0 Å². The highest BCUT2D eigenvalue weighted by atomic mass is 79.9. The van der Waals surface area contributed by atoms with Gasteiger partial charge in [0.1, 0.15) is 18.7 Å². The summed E-state index contributed by atoms with van der Waals surface area (Å²) < 4.78 is 7.92. The highest BCUT2D eigenvalue weighted by Gasteiger charge is 2.06. The van der Waals surface area contributed by atoms with E-state index >= 15 is 0 Å². The molecular formula is C10H9BrClN3O. The minimum absolute atomic E-state index is 0.319. The quantitative estimate of drug-likeness (QED) is 0.875. The Labute approximate surface area is 106 Å². The normalized spacial score (nSPS) is 10.4. The first-order chi connectivity index (χ1) is 7.66. The summed E-state index contributed by atoms with van der Waals surface area (Å²) >= 11 is 9.29. The first kappa shape index (κ1) is 11.4. The van der Waals surface area contributed by atoms with Crippen molar-refractivity contribution in [3.05, 3.63) is 39.8 Å². The molecule has 1 aromatic carbocycles. The monoisotopic (exact) mass is 301 g/mol. The number of aryl methyl sites for hydroxylation is 1. The lowest BCUT2D eigenvalue weighted by Crippen LogP contribution is -1.99. The molecule has 0 N–H and O–H groups in total. The van der Waals surface area contributed by atoms with E-state index in [0.29, 0.717) is 23.2 Å². The SMILES string of the molecule is Cn1cnc(COc2cccc(Cl)c2Br)n1. The number of rotatable bonds is 3. The van der Waals surface area contributed by atoms with Gasteiger partial charge < -0.3 is 4.74 Å². The molecule has 0 spiro atoms. The van der Waals surface area contributed by atoms with Crippen LogP contribution >= 0.6 is 27.5 Å².